The standard InChI is InChI=1S/C14H13NO3/c1-2-10-15-13(16)8-9-14(17)18-11-12-6-4-3-5-7-12/h1,3-9H,10-11H2,(H,15,16)/b9-8+. The molecule has 18 heavy (non-hydrogen) atoms. The number of hydrogen-bond donors (Lipinski definition) is 1. The molecular formula is C14H13NO3. The number of carbonyl (C=O) groups excluding carboxylic acids is 2. The molecule has 0 aliphatic rings. The lowest BCUT2D eigenvalue weighted by Gasteiger charge is -2.01. The molecule has 0 bridgehead atoms. The van der Waals surface area contributed by atoms with Gasteiger partial charge in [0.25, 0.3) is 0 Å². The molecule has 1 N–H and O–H groups in total. The molecule has 0 saturated heterocycles. The van der Waals surface area contributed by atoms with Crippen LogP contribution in [0.4, 0.5) is 0 Å². The summed E-state index contributed by atoms with van der Waals surface area (Å²) in [7, 11) is 0. The molecule has 1 amide bonds. The Hall–Kier alpha value is -2.54. The maximum absolute atomic E-state index is 11.3. The number of carbonyl (C=O) groups is 2. The molecule has 0 unspecified atom stereocenters. The van der Waals surface area contributed by atoms with Crippen molar-refractivity contribution in [3.63, 3.8) is 0 Å². The number of esters is 1. The summed E-state index contributed by atoms with van der Waals surface area (Å²) in [5, 5.41) is 2.39. The predicted molar refractivity (Wildman–Crippen MR) is 67.2 cm³/mol. The van der Waals surface area contributed by atoms with E-state index in [-0.39, 0.29) is 13.2 Å². The molecule has 0 radical (unpaired) electrons. The summed E-state index contributed by atoms with van der Waals surface area (Å²) in [5.41, 5.74) is 0.885. The van der Waals surface area contributed by atoms with Crippen molar-refractivity contribution in [3.05, 3.63) is 48.0 Å². The van der Waals surface area contributed by atoms with Gasteiger partial charge < -0.3 is 10.1 Å². The third-order valence-electron chi connectivity index (χ3n) is 1.96. The lowest BCUT2D eigenvalue weighted by Crippen LogP contribution is -2.21. The molecule has 4 nitrogen and oxygen atoms in total. The van der Waals surface area contributed by atoms with Gasteiger partial charge in [-0.2, -0.15) is 0 Å². The van der Waals surface area contributed by atoms with Gasteiger partial charge in [-0.1, -0.05) is 36.3 Å². The third kappa shape index (κ3) is 5.52. The number of benzene rings is 1. The molecule has 0 aliphatic heterocycles. The highest BCUT2D eigenvalue weighted by Crippen LogP contribution is 2.00. The number of hydrogen-bond acceptors (Lipinski definition) is 3. The van der Waals surface area contributed by atoms with Crippen molar-refractivity contribution in [2.24, 2.45) is 0 Å². The summed E-state index contributed by atoms with van der Waals surface area (Å²) in [6, 6.07) is 9.27. The van der Waals surface area contributed by atoms with Gasteiger partial charge in [-0.15, -0.1) is 6.42 Å². The number of nitrogens with one attached hydrogen (secondary N) is 1. The predicted octanol–water partition coefficient (Wildman–Crippen LogP) is 1.04. The molecule has 1 rings (SSSR count). The summed E-state index contributed by atoms with van der Waals surface area (Å²) >= 11 is 0. The Morgan fingerprint density at radius 3 is 2.67 bits per heavy atom. The Balaban J connectivity index is 2.32. The minimum atomic E-state index is -0.574. The van der Waals surface area contributed by atoms with Crippen LogP contribution in [0.3, 0.4) is 0 Å². The van der Waals surface area contributed by atoms with E-state index < -0.39 is 11.9 Å². The largest absolute Gasteiger partial charge is 0.458 e. The summed E-state index contributed by atoms with van der Waals surface area (Å²) in [4.78, 5) is 22.3. The highest BCUT2D eigenvalue weighted by molar-refractivity contribution is 5.94. The van der Waals surface area contributed by atoms with Crippen LogP contribution in [-0.2, 0) is 20.9 Å². The summed E-state index contributed by atoms with van der Waals surface area (Å²) in [5.74, 6) is 1.25. The van der Waals surface area contributed by atoms with Crippen molar-refractivity contribution >= 4 is 11.9 Å². The average molecular weight is 243 g/mol. The van der Waals surface area contributed by atoms with Gasteiger partial charge in [0.15, 0.2) is 0 Å². The molecule has 0 atom stereocenters. The van der Waals surface area contributed by atoms with Crippen molar-refractivity contribution in [2.45, 2.75) is 6.61 Å². The van der Waals surface area contributed by atoms with Crippen molar-refractivity contribution in [1.29, 1.82) is 0 Å². The smallest absolute Gasteiger partial charge is 0.331 e. The lowest BCUT2D eigenvalue weighted by atomic mass is 10.2. The van der Waals surface area contributed by atoms with E-state index in [4.69, 9.17) is 11.2 Å². The van der Waals surface area contributed by atoms with Crippen LogP contribution in [0, 0.1) is 12.3 Å². The Kier molecular flexibility index (Phi) is 5.78. The van der Waals surface area contributed by atoms with E-state index in [1.54, 1.807) is 0 Å². The molecule has 0 aromatic heterocycles. The number of amides is 1. The van der Waals surface area contributed by atoms with E-state index in [0.717, 1.165) is 17.7 Å². The molecular weight excluding hydrogens is 230 g/mol. The second-order valence-corrected chi connectivity index (χ2v) is 3.35. The monoisotopic (exact) mass is 243 g/mol. The van der Waals surface area contributed by atoms with E-state index in [1.165, 1.54) is 0 Å². The van der Waals surface area contributed by atoms with E-state index in [1.807, 2.05) is 30.3 Å². The molecule has 4 heteroatoms. The quantitative estimate of drug-likeness (QED) is 0.477. The highest BCUT2D eigenvalue weighted by Gasteiger charge is 1.99. The fourth-order valence-corrected chi connectivity index (χ4v) is 1.12. The van der Waals surface area contributed by atoms with Gasteiger partial charge in [-0.05, 0) is 5.56 Å². The summed E-state index contributed by atoms with van der Waals surface area (Å²) in [6.45, 7) is 0.304. The van der Waals surface area contributed by atoms with E-state index >= 15 is 0 Å². The second-order valence-electron chi connectivity index (χ2n) is 3.35. The Morgan fingerprint density at radius 1 is 1.28 bits per heavy atom. The first kappa shape index (κ1) is 13.5. The van der Waals surface area contributed by atoms with Crippen LogP contribution in [0.1, 0.15) is 5.56 Å². The maximum atomic E-state index is 11.3. The van der Waals surface area contributed by atoms with Crippen LogP contribution in [0.2, 0.25) is 0 Å². The number of ether oxygens (including phenoxy) is 1. The molecule has 0 fully saturated rings. The molecule has 1 aromatic carbocycles. The van der Waals surface area contributed by atoms with Crippen molar-refractivity contribution in [3.8, 4) is 12.3 Å². The first-order chi connectivity index (χ1) is 8.72. The normalized spacial score (nSPS) is 9.72. The van der Waals surface area contributed by atoms with Gasteiger partial charge in [0.2, 0.25) is 5.91 Å². The fraction of sp³-hybridized carbons (Fsp3) is 0.143. The molecule has 0 aliphatic carbocycles. The summed E-state index contributed by atoms with van der Waals surface area (Å²) < 4.78 is 4.94. The van der Waals surface area contributed by atoms with E-state index in [0.29, 0.717) is 0 Å². The fourth-order valence-electron chi connectivity index (χ4n) is 1.12. The third-order valence-corrected chi connectivity index (χ3v) is 1.96. The lowest BCUT2D eigenvalue weighted by molar-refractivity contribution is -0.139. The van der Waals surface area contributed by atoms with Crippen molar-refractivity contribution in [2.75, 3.05) is 6.54 Å². The zero-order chi connectivity index (χ0) is 13.2. The van der Waals surface area contributed by atoms with Gasteiger partial charge in [0.05, 0.1) is 6.54 Å². The Bertz CT molecular complexity index is 472. The number of rotatable bonds is 5. The molecule has 1 aromatic rings. The first-order valence-corrected chi connectivity index (χ1v) is 5.32. The van der Waals surface area contributed by atoms with Crippen LogP contribution in [0.5, 0.6) is 0 Å². The van der Waals surface area contributed by atoms with Crippen LogP contribution < -0.4 is 5.32 Å². The molecule has 0 heterocycles. The SMILES string of the molecule is C#CCNC(=O)/C=C/C(=O)OCc1ccccc1. The minimum absolute atomic E-state index is 0.127. The Labute approximate surface area is 106 Å². The topological polar surface area (TPSA) is 55.4 Å². The van der Waals surface area contributed by atoms with Crippen LogP contribution in [-0.4, -0.2) is 18.4 Å². The minimum Gasteiger partial charge on any atom is -0.458 e. The van der Waals surface area contributed by atoms with Gasteiger partial charge in [0.1, 0.15) is 6.61 Å². The van der Waals surface area contributed by atoms with Gasteiger partial charge in [-0.25, -0.2) is 4.79 Å². The van der Waals surface area contributed by atoms with Gasteiger partial charge in [-0.3, -0.25) is 4.79 Å². The van der Waals surface area contributed by atoms with Crippen LogP contribution >= 0.6 is 0 Å². The zero-order valence-electron chi connectivity index (χ0n) is 9.76. The zero-order valence-corrected chi connectivity index (χ0v) is 9.76. The average Bonchev–Trinajstić information content (AvgIpc) is 2.41. The molecule has 0 saturated carbocycles. The number of terminal acetylenes is 1. The van der Waals surface area contributed by atoms with Gasteiger partial charge >= 0.3 is 5.97 Å². The first-order valence-electron chi connectivity index (χ1n) is 5.32. The molecule has 0 spiro atoms. The maximum Gasteiger partial charge on any atom is 0.331 e. The van der Waals surface area contributed by atoms with Crippen LogP contribution in [0.25, 0.3) is 0 Å². The summed E-state index contributed by atoms with van der Waals surface area (Å²) in [6.07, 6.45) is 7.12. The van der Waals surface area contributed by atoms with Crippen molar-refractivity contribution in [1.82, 2.24) is 5.32 Å². The van der Waals surface area contributed by atoms with Crippen LogP contribution in [0.15, 0.2) is 42.5 Å². The Morgan fingerprint density at radius 2 is 2.00 bits per heavy atom. The molecule has 92 valence electrons. The van der Waals surface area contributed by atoms with E-state index in [2.05, 4.69) is 11.2 Å². The highest BCUT2D eigenvalue weighted by atomic mass is 16.5. The van der Waals surface area contributed by atoms with Gasteiger partial charge in [0, 0.05) is 12.2 Å². The van der Waals surface area contributed by atoms with Crippen molar-refractivity contribution < 1.29 is 14.3 Å². The van der Waals surface area contributed by atoms with E-state index in [9.17, 15) is 9.59 Å². The second kappa shape index (κ2) is 7.69.